The van der Waals surface area contributed by atoms with E-state index in [2.05, 4.69) is 0 Å². The van der Waals surface area contributed by atoms with Crippen LogP contribution >= 0.6 is 23.2 Å². The van der Waals surface area contributed by atoms with Gasteiger partial charge in [0, 0.05) is 25.1 Å². The lowest BCUT2D eigenvalue weighted by molar-refractivity contribution is -0.128. The Balaban J connectivity index is 2.15. The van der Waals surface area contributed by atoms with Gasteiger partial charge in [-0.25, -0.2) is 4.39 Å². The number of carbonyl (C=O) groups is 1. The van der Waals surface area contributed by atoms with Gasteiger partial charge in [0.25, 0.3) is 0 Å². The predicted octanol–water partition coefficient (Wildman–Crippen LogP) is 2.82. The summed E-state index contributed by atoms with van der Waals surface area (Å²) in [7, 11) is 0. The third-order valence-corrected chi connectivity index (χ3v) is 3.14. The maximum Gasteiger partial charge on any atom is 0.224 e. The van der Waals surface area contributed by atoms with Gasteiger partial charge in [0.2, 0.25) is 5.91 Å². The van der Waals surface area contributed by atoms with Crippen molar-refractivity contribution in [2.24, 2.45) is 0 Å². The highest BCUT2D eigenvalue weighted by molar-refractivity contribution is 6.30. The molecule has 1 aromatic rings. The maximum atomic E-state index is 13.6. The van der Waals surface area contributed by atoms with Gasteiger partial charge >= 0.3 is 0 Å². The van der Waals surface area contributed by atoms with E-state index in [9.17, 15) is 9.18 Å². The van der Waals surface area contributed by atoms with E-state index in [0.29, 0.717) is 18.5 Å². The first kappa shape index (κ1) is 11.7. The minimum absolute atomic E-state index is 0.0422. The zero-order valence-corrected chi connectivity index (χ0v) is 9.93. The van der Waals surface area contributed by atoms with E-state index in [4.69, 9.17) is 23.2 Å². The summed E-state index contributed by atoms with van der Waals surface area (Å²) in [5, 5.41) is -0.0960. The monoisotopic (exact) mass is 261 g/mol. The second kappa shape index (κ2) is 4.60. The number of amides is 1. The average molecular weight is 262 g/mol. The number of carbonyl (C=O) groups excluding carboxylic acids is 1. The quantitative estimate of drug-likeness (QED) is 0.750. The number of benzene rings is 1. The summed E-state index contributed by atoms with van der Waals surface area (Å²) < 4.78 is 13.6. The third kappa shape index (κ3) is 2.30. The van der Waals surface area contributed by atoms with Gasteiger partial charge in [0.1, 0.15) is 5.82 Å². The molecule has 5 heteroatoms. The standard InChI is InChI=1S/C11H10Cl2FNO/c12-8-4-10(16)15(6-8)5-7-2-1-3-9(13)11(7)14/h1-3,8H,4-6H2. The van der Waals surface area contributed by atoms with Crippen LogP contribution in [0.5, 0.6) is 0 Å². The summed E-state index contributed by atoms with van der Waals surface area (Å²) in [5.41, 5.74) is 0.423. The average Bonchev–Trinajstić information content (AvgIpc) is 2.53. The largest absolute Gasteiger partial charge is 0.337 e. The zero-order valence-electron chi connectivity index (χ0n) is 8.42. The van der Waals surface area contributed by atoms with Crippen molar-refractivity contribution in [1.29, 1.82) is 0 Å². The van der Waals surface area contributed by atoms with E-state index in [0.717, 1.165) is 0 Å². The van der Waals surface area contributed by atoms with Gasteiger partial charge in [-0.1, -0.05) is 23.7 Å². The predicted molar refractivity (Wildman–Crippen MR) is 61.1 cm³/mol. The molecular weight excluding hydrogens is 252 g/mol. The molecule has 0 saturated carbocycles. The summed E-state index contributed by atoms with van der Waals surface area (Å²) in [6, 6.07) is 4.77. The molecule has 0 aliphatic carbocycles. The Bertz CT molecular complexity index is 424. The van der Waals surface area contributed by atoms with Crippen molar-refractivity contribution in [3.05, 3.63) is 34.6 Å². The number of alkyl halides is 1. The van der Waals surface area contributed by atoms with Crippen molar-refractivity contribution in [3.8, 4) is 0 Å². The Morgan fingerprint density at radius 1 is 1.50 bits per heavy atom. The first-order valence-electron chi connectivity index (χ1n) is 4.92. The SMILES string of the molecule is O=C1CC(Cl)CN1Cc1cccc(Cl)c1F. The molecule has 1 fully saturated rings. The third-order valence-electron chi connectivity index (χ3n) is 2.56. The Morgan fingerprint density at radius 3 is 2.88 bits per heavy atom. The molecule has 16 heavy (non-hydrogen) atoms. The summed E-state index contributed by atoms with van der Waals surface area (Å²) in [6.45, 7) is 0.695. The molecule has 1 heterocycles. The molecule has 1 aliphatic rings. The van der Waals surface area contributed by atoms with Crippen LogP contribution in [-0.2, 0) is 11.3 Å². The van der Waals surface area contributed by atoms with Crippen LogP contribution in [0.25, 0.3) is 0 Å². The fourth-order valence-corrected chi connectivity index (χ4v) is 2.25. The van der Waals surface area contributed by atoms with Gasteiger partial charge in [-0.3, -0.25) is 4.79 Å². The molecule has 0 spiro atoms. The lowest BCUT2D eigenvalue weighted by Crippen LogP contribution is -2.25. The first-order chi connectivity index (χ1) is 7.58. The Morgan fingerprint density at radius 2 is 2.25 bits per heavy atom. The number of hydrogen-bond acceptors (Lipinski definition) is 1. The molecule has 2 nitrogen and oxygen atoms in total. The van der Waals surface area contributed by atoms with Crippen molar-refractivity contribution < 1.29 is 9.18 Å². The van der Waals surface area contributed by atoms with E-state index in [1.54, 1.807) is 17.0 Å². The van der Waals surface area contributed by atoms with E-state index in [1.165, 1.54) is 6.07 Å². The minimum atomic E-state index is -0.463. The lowest BCUT2D eigenvalue weighted by atomic mass is 10.2. The zero-order chi connectivity index (χ0) is 11.7. The summed E-state index contributed by atoms with van der Waals surface area (Å²) in [5.74, 6) is -0.505. The summed E-state index contributed by atoms with van der Waals surface area (Å²) in [4.78, 5) is 13.0. The van der Waals surface area contributed by atoms with Crippen LogP contribution in [0.2, 0.25) is 5.02 Å². The van der Waals surface area contributed by atoms with Crippen LogP contribution < -0.4 is 0 Å². The topological polar surface area (TPSA) is 20.3 Å². The molecule has 1 amide bonds. The maximum absolute atomic E-state index is 13.6. The molecule has 0 N–H and O–H groups in total. The van der Waals surface area contributed by atoms with Crippen LogP contribution in [0.15, 0.2) is 18.2 Å². The van der Waals surface area contributed by atoms with E-state index < -0.39 is 5.82 Å². The van der Waals surface area contributed by atoms with Crippen molar-refractivity contribution in [1.82, 2.24) is 4.90 Å². The van der Waals surface area contributed by atoms with Crippen LogP contribution in [0, 0.1) is 5.82 Å². The van der Waals surface area contributed by atoms with E-state index in [-0.39, 0.29) is 22.9 Å². The minimum Gasteiger partial charge on any atom is -0.337 e. The Labute approximate surface area is 103 Å². The van der Waals surface area contributed by atoms with Gasteiger partial charge < -0.3 is 4.90 Å². The van der Waals surface area contributed by atoms with Crippen LogP contribution in [0.3, 0.4) is 0 Å². The molecule has 0 radical (unpaired) electrons. The Kier molecular flexibility index (Phi) is 3.36. The number of rotatable bonds is 2. The van der Waals surface area contributed by atoms with Crippen LogP contribution in [0.4, 0.5) is 4.39 Å². The van der Waals surface area contributed by atoms with Gasteiger partial charge in [0.15, 0.2) is 0 Å². The normalized spacial score (nSPS) is 20.6. The number of hydrogen-bond donors (Lipinski definition) is 0. The fraction of sp³-hybridized carbons (Fsp3) is 0.364. The molecule has 0 bridgehead atoms. The van der Waals surface area contributed by atoms with Crippen molar-refractivity contribution in [2.75, 3.05) is 6.54 Å². The molecule has 2 rings (SSSR count). The van der Waals surface area contributed by atoms with Crippen molar-refractivity contribution in [2.45, 2.75) is 18.3 Å². The number of likely N-dealkylation sites (tertiary alicyclic amines) is 1. The molecule has 0 aromatic heterocycles. The molecule has 1 aliphatic heterocycles. The highest BCUT2D eigenvalue weighted by Crippen LogP contribution is 2.23. The highest BCUT2D eigenvalue weighted by Gasteiger charge is 2.28. The summed E-state index contributed by atoms with van der Waals surface area (Å²) >= 11 is 11.5. The molecule has 1 saturated heterocycles. The number of halogens is 3. The second-order valence-corrected chi connectivity index (χ2v) is 4.81. The molecule has 1 aromatic carbocycles. The van der Waals surface area contributed by atoms with E-state index >= 15 is 0 Å². The highest BCUT2D eigenvalue weighted by atomic mass is 35.5. The molecular formula is C11H10Cl2FNO. The van der Waals surface area contributed by atoms with Crippen LogP contribution in [-0.4, -0.2) is 22.7 Å². The fourth-order valence-electron chi connectivity index (χ4n) is 1.75. The van der Waals surface area contributed by atoms with E-state index in [1.807, 2.05) is 0 Å². The summed E-state index contributed by atoms with van der Waals surface area (Å²) in [6.07, 6.45) is 0.323. The lowest BCUT2D eigenvalue weighted by Gasteiger charge is -2.16. The Hall–Kier alpha value is -0.800. The van der Waals surface area contributed by atoms with Gasteiger partial charge in [-0.15, -0.1) is 11.6 Å². The first-order valence-corrected chi connectivity index (χ1v) is 5.74. The molecule has 1 unspecified atom stereocenters. The smallest absolute Gasteiger partial charge is 0.224 e. The number of nitrogens with zero attached hydrogens (tertiary/aromatic N) is 1. The molecule has 86 valence electrons. The van der Waals surface area contributed by atoms with Crippen molar-refractivity contribution >= 4 is 29.1 Å². The molecule has 1 atom stereocenters. The van der Waals surface area contributed by atoms with Crippen LogP contribution in [0.1, 0.15) is 12.0 Å². The van der Waals surface area contributed by atoms with Gasteiger partial charge in [0.05, 0.1) is 10.4 Å². The van der Waals surface area contributed by atoms with Gasteiger partial charge in [-0.2, -0.15) is 0 Å². The van der Waals surface area contributed by atoms with Gasteiger partial charge in [-0.05, 0) is 6.07 Å². The van der Waals surface area contributed by atoms with Crippen molar-refractivity contribution in [3.63, 3.8) is 0 Å². The second-order valence-electron chi connectivity index (χ2n) is 3.79.